The zero-order chi connectivity index (χ0) is 25.2. The second kappa shape index (κ2) is 13.5. The summed E-state index contributed by atoms with van der Waals surface area (Å²) in [6.07, 6.45) is 14.2. The molecule has 0 saturated heterocycles. The number of aromatic nitrogens is 3. The average Bonchev–Trinajstić information content (AvgIpc) is 3.57. The van der Waals surface area contributed by atoms with Crippen LogP contribution in [0.15, 0.2) is 35.4 Å². The zero-order valence-electron chi connectivity index (χ0n) is 19.8. The monoisotopic (exact) mass is 494 g/mol. The molecule has 1 amide bonds. The Morgan fingerprint density at radius 1 is 1.39 bits per heavy atom. The first-order chi connectivity index (χ1) is 15.7. The number of nitrogens with one attached hydrogen (secondary N) is 1. The molecule has 1 aliphatic rings. The fourth-order valence-electron chi connectivity index (χ4n) is 3.00. The molecule has 5 nitrogen and oxygen atoms in total. The number of allylic oxidation sites excluding steroid dienone is 1. The summed E-state index contributed by atoms with van der Waals surface area (Å²) in [6, 6.07) is 5.03. The zero-order valence-corrected chi connectivity index (χ0v) is 21.8. The Balaban J connectivity index is 0.00000129. The molecule has 1 aliphatic carbocycles. The molecule has 33 heavy (non-hydrogen) atoms. The molecular formula is C24H33F2N4OPS. The van der Waals surface area contributed by atoms with E-state index in [1.165, 1.54) is 39.4 Å². The Kier molecular flexibility index (Phi) is 11.8. The Morgan fingerprint density at radius 3 is 2.55 bits per heavy atom. The van der Waals surface area contributed by atoms with Gasteiger partial charge in [0.25, 0.3) is 5.91 Å². The van der Waals surface area contributed by atoms with E-state index in [-0.39, 0.29) is 11.7 Å². The summed E-state index contributed by atoms with van der Waals surface area (Å²) in [6.45, 7) is 7.80. The fraction of sp³-hybridized carbons (Fsp3) is 0.458. The minimum absolute atomic E-state index is 0.0950. The van der Waals surface area contributed by atoms with Crippen LogP contribution in [0, 0.1) is 12.8 Å². The third-order valence-corrected chi connectivity index (χ3v) is 6.46. The fourth-order valence-corrected chi connectivity index (χ4v) is 4.13. The molecule has 1 N–H and O–H groups in total. The van der Waals surface area contributed by atoms with Crippen molar-refractivity contribution in [3.8, 4) is 12.8 Å². The summed E-state index contributed by atoms with van der Waals surface area (Å²) in [7, 11) is 2.91. The van der Waals surface area contributed by atoms with Crippen molar-refractivity contribution in [1.29, 1.82) is 0 Å². The molecule has 1 fully saturated rings. The van der Waals surface area contributed by atoms with Crippen molar-refractivity contribution in [3.63, 3.8) is 0 Å². The van der Waals surface area contributed by atoms with Gasteiger partial charge in [0.1, 0.15) is 11.4 Å². The van der Waals surface area contributed by atoms with Crippen LogP contribution >= 0.6 is 21.0 Å². The number of alkyl halides is 2. The number of thioether (sulfide) groups is 1. The van der Waals surface area contributed by atoms with E-state index in [2.05, 4.69) is 34.3 Å². The highest BCUT2D eigenvalue weighted by atomic mass is 32.2. The van der Waals surface area contributed by atoms with Gasteiger partial charge in [0.05, 0.1) is 6.04 Å². The standard InChI is InChI=1S/C20H25F2N4OPS.C2H6.C2H2/c1-4-17(29-11-13-7-8-23-15(9-13)14-5-6-14)12(2)24-19(27)16-10-18(20(21,22)28)25-26(16)3;2*1-2/h4,7-10,12,14H,5-6,11,28H2,1-3H3,(H,24,27);1-2H3;1-2H/b17-4-;;. The first-order valence-electron chi connectivity index (χ1n) is 10.8. The molecular weight excluding hydrogens is 461 g/mol. The number of amides is 1. The normalized spacial score (nSPS) is 14.3. The van der Waals surface area contributed by atoms with Gasteiger partial charge < -0.3 is 5.32 Å². The molecule has 0 radical (unpaired) electrons. The van der Waals surface area contributed by atoms with Crippen LogP contribution in [0.4, 0.5) is 8.78 Å². The van der Waals surface area contributed by atoms with Crippen molar-refractivity contribution in [2.24, 2.45) is 7.05 Å². The van der Waals surface area contributed by atoms with Crippen LogP contribution in [0.3, 0.4) is 0 Å². The first-order valence-corrected chi connectivity index (χ1v) is 12.3. The summed E-state index contributed by atoms with van der Waals surface area (Å²) in [4.78, 5) is 18.0. The minimum atomic E-state index is -3.17. The third kappa shape index (κ3) is 8.57. The SMILES string of the molecule is C#C.C/C=C(\SCc1ccnc(C2CC2)c1)C(C)NC(=O)c1cc(C(F)(F)P)nn1C.CC. The lowest BCUT2D eigenvalue weighted by Crippen LogP contribution is -2.34. The number of rotatable bonds is 8. The number of hydrogen-bond acceptors (Lipinski definition) is 4. The Hall–Kier alpha value is -2.23. The van der Waals surface area contributed by atoms with Gasteiger partial charge in [-0.25, -0.2) is 0 Å². The molecule has 0 aliphatic heterocycles. The Morgan fingerprint density at radius 2 is 2.03 bits per heavy atom. The lowest BCUT2D eigenvalue weighted by Gasteiger charge is -2.17. The average molecular weight is 495 g/mol. The van der Waals surface area contributed by atoms with E-state index in [1.54, 1.807) is 11.8 Å². The van der Waals surface area contributed by atoms with Gasteiger partial charge in [-0.1, -0.05) is 29.2 Å². The van der Waals surface area contributed by atoms with Crippen molar-refractivity contribution in [1.82, 2.24) is 20.1 Å². The molecule has 0 aromatic carbocycles. The maximum Gasteiger partial charge on any atom is 0.302 e. The number of pyridine rings is 1. The molecule has 2 atom stereocenters. The van der Waals surface area contributed by atoms with Gasteiger partial charge in [-0.15, -0.1) is 24.6 Å². The summed E-state index contributed by atoms with van der Waals surface area (Å²) in [5, 5.41) is 6.61. The number of hydrogen-bond donors (Lipinski definition) is 1. The smallest absolute Gasteiger partial charge is 0.302 e. The van der Waals surface area contributed by atoms with Gasteiger partial charge in [0, 0.05) is 35.5 Å². The summed E-state index contributed by atoms with van der Waals surface area (Å²) in [5.41, 5.74) is -1.17. The van der Waals surface area contributed by atoms with E-state index in [9.17, 15) is 13.6 Å². The van der Waals surface area contributed by atoms with Gasteiger partial charge in [-0.05, 0) is 50.5 Å². The maximum atomic E-state index is 13.4. The van der Waals surface area contributed by atoms with E-state index in [0.29, 0.717) is 5.92 Å². The highest BCUT2D eigenvalue weighted by molar-refractivity contribution is 8.02. The predicted octanol–water partition coefficient (Wildman–Crippen LogP) is 5.85. The van der Waals surface area contributed by atoms with Gasteiger partial charge in [-0.2, -0.15) is 13.9 Å². The number of aryl methyl sites for hydroxylation is 1. The quantitative estimate of drug-likeness (QED) is 0.370. The molecule has 2 unspecified atom stereocenters. The van der Waals surface area contributed by atoms with E-state index in [0.717, 1.165) is 22.4 Å². The number of carbonyl (C=O) groups excluding carboxylic acids is 1. The van der Waals surface area contributed by atoms with Crippen LogP contribution in [-0.2, 0) is 18.5 Å². The molecule has 180 valence electrons. The maximum absolute atomic E-state index is 13.4. The molecule has 0 bridgehead atoms. The highest BCUT2D eigenvalue weighted by Crippen LogP contribution is 2.39. The van der Waals surface area contributed by atoms with Crippen LogP contribution in [0.1, 0.15) is 73.9 Å². The van der Waals surface area contributed by atoms with Crippen molar-refractivity contribution in [2.45, 2.75) is 63.9 Å². The second-order valence-corrected chi connectivity index (χ2v) is 8.97. The largest absolute Gasteiger partial charge is 0.344 e. The number of nitrogens with zero attached hydrogens (tertiary/aromatic N) is 3. The lowest BCUT2D eigenvalue weighted by atomic mass is 10.2. The van der Waals surface area contributed by atoms with Gasteiger partial charge in [0.2, 0.25) is 0 Å². The third-order valence-electron chi connectivity index (χ3n) is 4.76. The van der Waals surface area contributed by atoms with Gasteiger partial charge >= 0.3 is 5.66 Å². The Bertz CT molecular complexity index is 965. The summed E-state index contributed by atoms with van der Waals surface area (Å²) in [5.74, 6) is 0.946. The van der Waals surface area contributed by atoms with Crippen LogP contribution in [-0.4, -0.2) is 26.7 Å². The van der Waals surface area contributed by atoms with Crippen LogP contribution in [0.5, 0.6) is 0 Å². The molecule has 9 heteroatoms. The highest BCUT2D eigenvalue weighted by Gasteiger charge is 2.30. The van der Waals surface area contributed by atoms with Crippen LogP contribution < -0.4 is 5.32 Å². The number of terminal acetylenes is 1. The molecule has 2 aromatic heterocycles. The first kappa shape index (κ1) is 28.8. The lowest BCUT2D eigenvalue weighted by molar-refractivity contribution is 0.0936. The summed E-state index contributed by atoms with van der Waals surface area (Å²) >= 11 is 1.65. The van der Waals surface area contributed by atoms with Crippen molar-refractivity contribution < 1.29 is 13.6 Å². The molecule has 0 spiro atoms. The second-order valence-electron chi connectivity index (χ2n) is 7.20. The van der Waals surface area contributed by atoms with Crippen LogP contribution in [0.2, 0.25) is 0 Å². The number of halogens is 2. The summed E-state index contributed by atoms with van der Waals surface area (Å²) < 4.78 is 28.1. The van der Waals surface area contributed by atoms with Gasteiger partial charge in [-0.3, -0.25) is 14.5 Å². The molecule has 3 rings (SSSR count). The van der Waals surface area contributed by atoms with Crippen molar-refractivity contribution in [3.05, 3.63) is 58.0 Å². The van der Waals surface area contributed by atoms with Crippen LogP contribution in [0.25, 0.3) is 0 Å². The van der Waals surface area contributed by atoms with E-state index < -0.39 is 17.3 Å². The Labute approximate surface area is 202 Å². The number of carbonyl (C=O) groups is 1. The van der Waals surface area contributed by atoms with E-state index in [4.69, 9.17) is 0 Å². The minimum Gasteiger partial charge on any atom is -0.344 e. The van der Waals surface area contributed by atoms with E-state index in [1.807, 2.05) is 46.0 Å². The predicted molar refractivity (Wildman–Crippen MR) is 136 cm³/mol. The van der Waals surface area contributed by atoms with Gasteiger partial charge in [0.15, 0.2) is 0 Å². The topological polar surface area (TPSA) is 59.8 Å². The van der Waals surface area contributed by atoms with Crippen molar-refractivity contribution >= 4 is 26.9 Å². The molecule has 1 saturated carbocycles. The van der Waals surface area contributed by atoms with E-state index >= 15 is 0 Å². The molecule has 2 heterocycles. The van der Waals surface area contributed by atoms with Crippen molar-refractivity contribution in [2.75, 3.05) is 0 Å². The molecule has 2 aromatic rings.